The monoisotopic (exact) mass is 802 g/mol. The number of hydrogen-bond acceptors (Lipinski definition) is 8. The normalized spacial score (nSPS) is 20.1. The fraction of sp³-hybridized carbons (Fsp3) is 0.250. The van der Waals surface area contributed by atoms with Crippen molar-refractivity contribution in [3.63, 3.8) is 0 Å². The summed E-state index contributed by atoms with van der Waals surface area (Å²) in [5, 5.41) is 4.19. The van der Waals surface area contributed by atoms with Gasteiger partial charge in [-0.3, -0.25) is 19.6 Å². The second kappa shape index (κ2) is 13.8. The number of rotatable bonds is 8. The number of carbonyl (C=O) groups excluding carboxylic acids is 4. The first-order valence-electron chi connectivity index (χ1n) is 20.1. The maximum Gasteiger partial charge on any atom is 0.358 e. The van der Waals surface area contributed by atoms with Crippen LogP contribution in [-0.4, -0.2) is 82.4 Å². The van der Waals surface area contributed by atoms with E-state index in [0.29, 0.717) is 22.6 Å². The number of benzene rings is 6. The van der Waals surface area contributed by atoms with Gasteiger partial charge < -0.3 is 18.9 Å². The summed E-state index contributed by atoms with van der Waals surface area (Å²) in [5.41, 5.74) is 1.31. The topological polar surface area (TPSA) is 118 Å². The van der Waals surface area contributed by atoms with Crippen LogP contribution in [0.2, 0.25) is 0 Å². The number of carbonyl (C=O) groups is 4. The zero-order valence-corrected chi connectivity index (χ0v) is 33.7. The standard InChI is InChI=1S/C48H42N4O8/c1-5-59-43(53)47-48(44(54)60-6-2)51-27-39-40(42(58-4)22-21-41(39)57-3)28-52(48)46(56)50(47)26-38-36(34-18-16-30-12-8-10-14-32(30)24-34)20-19-35(37(38)25-49(47)45(51)55)33-17-15-29-11-7-9-13-31(29)23-33/h7-24H,5-6,25-28H2,1-4H3. The van der Waals surface area contributed by atoms with Gasteiger partial charge in [-0.2, -0.15) is 0 Å². The number of methoxy groups -OCH3 is 2. The van der Waals surface area contributed by atoms with Crippen LogP contribution in [0.3, 0.4) is 0 Å². The minimum Gasteiger partial charge on any atom is -0.496 e. The highest BCUT2D eigenvalue weighted by Crippen LogP contribution is 2.59. The molecule has 2 saturated heterocycles. The number of esters is 2. The second-order valence-corrected chi connectivity index (χ2v) is 15.4. The predicted octanol–water partition coefficient (Wildman–Crippen LogP) is 8.07. The molecule has 0 aliphatic carbocycles. The van der Waals surface area contributed by atoms with Gasteiger partial charge in [-0.1, -0.05) is 84.9 Å². The van der Waals surface area contributed by atoms with Crippen LogP contribution in [0.4, 0.5) is 9.59 Å². The molecule has 0 spiro atoms. The van der Waals surface area contributed by atoms with Crippen LogP contribution >= 0.6 is 0 Å². The van der Waals surface area contributed by atoms with Crippen molar-refractivity contribution in [2.24, 2.45) is 0 Å². The van der Waals surface area contributed by atoms with Gasteiger partial charge in [0, 0.05) is 11.1 Å². The lowest BCUT2D eigenvalue weighted by Crippen LogP contribution is -2.75. The number of urea groups is 2. The lowest BCUT2D eigenvalue weighted by atomic mass is 9.87. The van der Waals surface area contributed by atoms with Crippen LogP contribution in [0, 0.1) is 0 Å². The molecule has 302 valence electrons. The van der Waals surface area contributed by atoms with Gasteiger partial charge in [0.1, 0.15) is 11.5 Å². The molecule has 60 heavy (non-hydrogen) atoms. The highest BCUT2D eigenvalue weighted by molar-refractivity contribution is 6.10. The molecule has 0 radical (unpaired) electrons. The fourth-order valence-electron chi connectivity index (χ4n) is 10.1. The van der Waals surface area contributed by atoms with Crippen LogP contribution < -0.4 is 9.47 Å². The van der Waals surface area contributed by atoms with Gasteiger partial charge in [0.2, 0.25) is 0 Å². The quantitative estimate of drug-likeness (QED) is 0.142. The maximum absolute atomic E-state index is 15.7. The maximum atomic E-state index is 15.7. The first kappa shape index (κ1) is 37.2. The zero-order chi connectivity index (χ0) is 41.5. The summed E-state index contributed by atoms with van der Waals surface area (Å²) < 4.78 is 23.4. The van der Waals surface area contributed by atoms with E-state index in [9.17, 15) is 0 Å². The van der Waals surface area contributed by atoms with E-state index in [1.165, 1.54) is 33.8 Å². The van der Waals surface area contributed by atoms with Gasteiger partial charge in [0.25, 0.3) is 11.3 Å². The predicted molar refractivity (Wildman–Crippen MR) is 224 cm³/mol. The second-order valence-electron chi connectivity index (χ2n) is 15.4. The number of hydrogen-bond donors (Lipinski definition) is 0. The number of amides is 4. The molecule has 4 aliphatic rings. The molecular weight excluding hydrogens is 761 g/mol. The summed E-state index contributed by atoms with van der Waals surface area (Å²) in [6.45, 7) is 2.45. The molecule has 0 atom stereocenters. The molecule has 0 bridgehead atoms. The molecule has 4 amide bonds. The number of nitrogens with zero attached hydrogens (tertiary/aromatic N) is 4. The lowest BCUT2D eigenvalue weighted by Gasteiger charge is -2.44. The molecule has 4 aliphatic heterocycles. The minimum atomic E-state index is -2.33. The summed E-state index contributed by atoms with van der Waals surface area (Å²) in [7, 11) is 3.03. The van der Waals surface area contributed by atoms with Crippen LogP contribution in [0.1, 0.15) is 36.1 Å². The third-order valence-corrected chi connectivity index (χ3v) is 12.7. The van der Waals surface area contributed by atoms with Crippen LogP contribution in [0.25, 0.3) is 43.8 Å². The van der Waals surface area contributed by atoms with Crippen LogP contribution in [-0.2, 0) is 45.2 Å². The molecule has 6 aromatic carbocycles. The van der Waals surface area contributed by atoms with Crippen LogP contribution in [0.5, 0.6) is 11.5 Å². The van der Waals surface area contributed by atoms with Crippen molar-refractivity contribution in [3.8, 4) is 33.8 Å². The van der Waals surface area contributed by atoms with E-state index in [0.717, 1.165) is 54.9 Å². The van der Waals surface area contributed by atoms with Gasteiger partial charge in [-0.25, -0.2) is 19.2 Å². The van der Waals surface area contributed by atoms with E-state index < -0.39 is 35.3 Å². The Balaban J connectivity index is 1.28. The van der Waals surface area contributed by atoms with Gasteiger partial charge in [0.05, 0.1) is 53.6 Å². The number of fused-ring (bicyclic) bond motifs is 4. The minimum absolute atomic E-state index is 0.0803. The number of ether oxygens (including phenoxy) is 4. The third kappa shape index (κ3) is 4.84. The lowest BCUT2D eigenvalue weighted by molar-refractivity contribution is -0.191. The van der Waals surface area contributed by atoms with Crippen molar-refractivity contribution in [3.05, 3.63) is 131 Å². The summed E-state index contributed by atoms with van der Waals surface area (Å²) in [4.78, 5) is 67.2. The van der Waals surface area contributed by atoms with E-state index in [-0.39, 0.29) is 39.4 Å². The zero-order valence-electron chi connectivity index (χ0n) is 33.7. The van der Waals surface area contributed by atoms with Gasteiger partial charge in [-0.15, -0.1) is 0 Å². The van der Waals surface area contributed by atoms with Crippen molar-refractivity contribution in [2.45, 2.75) is 51.4 Å². The molecular formula is C48H42N4O8. The largest absolute Gasteiger partial charge is 0.496 e. The first-order valence-corrected chi connectivity index (χ1v) is 20.1. The van der Waals surface area contributed by atoms with Crippen molar-refractivity contribution in [2.75, 3.05) is 27.4 Å². The Hall–Kier alpha value is -7.08. The summed E-state index contributed by atoms with van der Waals surface area (Å²) >= 11 is 0. The van der Waals surface area contributed by atoms with Gasteiger partial charge >= 0.3 is 24.0 Å². The van der Waals surface area contributed by atoms with E-state index in [1.54, 1.807) is 26.0 Å². The Morgan fingerprint density at radius 1 is 0.500 bits per heavy atom. The molecule has 12 nitrogen and oxygen atoms in total. The molecule has 6 aromatic rings. The highest BCUT2D eigenvalue weighted by atomic mass is 16.6. The van der Waals surface area contributed by atoms with Gasteiger partial charge in [0.15, 0.2) is 0 Å². The van der Waals surface area contributed by atoms with E-state index in [4.69, 9.17) is 18.9 Å². The molecule has 4 heterocycles. The van der Waals surface area contributed by atoms with Crippen molar-refractivity contribution in [1.29, 1.82) is 0 Å². The molecule has 0 N–H and O–H groups in total. The summed E-state index contributed by atoms with van der Waals surface area (Å²) in [6.07, 6.45) is 0. The SMILES string of the molecule is CCOC(=O)C12N3Cc4c(OC)ccc(OC)c4CN1C(=O)N1Cc4c(-c5ccc6ccccc6c5)ccc(-c5ccc6ccccc6c5)c4CN(C3=O)C12C(=O)OCC. The molecule has 0 saturated carbocycles. The Kier molecular flexibility index (Phi) is 8.53. The Morgan fingerprint density at radius 3 is 1.23 bits per heavy atom. The molecule has 0 unspecified atom stereocenters. The Morgan fingerprint density at radius 2 is 0.867 bits per heavy atom. The smallest absolute Gasteiger partial charge is 0.358 e. The Labute approximate surface area is 346 Å². The van der Waals surface area contributed by atoms with Crippen molar-refractivity contribution in [1.82, 2.24) is 19.6 Å². The van der Waals surface area contributed by atoms with Gasteiger partial charge in [-0.05, 0) is 93.0 Å². The molecule has 12 heteroatoms. The Bertz CT molecular complexity index is 2650. The molecule has 0 aromatic heterocycles. The van der Waals surface area contributed by atoms with E-state index in [2.05, 4.69) is 48.5 Å². The average molecular weight is 803 g/mol. The van der Waals surface area contributed by atoms with Crippen molar-refractivity contribution >= 4 is 45.5 Å². The van der Waals surface area contributed by atoms with E-state index >= 15 is 19.2 Å². The first-order chi connectivity index (χ1) is 29.2. The van der Waals surface area contributed by atoms with Crippen molar-refractivity contribution < 1.29 is 38.1 Å². The molecule has 2 fully saturated rings. The van der Waals surface area contributed by atoms with Crippen LogP contribution in [0.15, 0.2) is 109 Å². The van der Waals surface area contributed by atoms with E-state index in [1.807, 2.05) is 48.5 Å². The fourth-order valence-corrected chi connectivity index (χ4v) is 10.1. The molecule has 10 rings (SSSR count). The summed E-state index contributed by atoms with van der Waals surface area (Å²) in [6, 6.07) is 34.8. The highest BCUT2D eigenvalue weighted by Gasteiger charge is 2.87. The average Bonchev–Trinajstić information content (AvgIpc) is 3.42. The summed E-state index contributed by atoms with van der Waals surface area (Å²) in [5.74, 6) is -0.980. The third-order valence-electron chi connectivity index (χ3n) is 12.7.